The number of carbonyl (C=O) groups is 2. The molecule has 2 heterocycles. The zero-order valence-electron chi connectivity index (χ0n) is 15.8. The molecule has 1 fully saturated rings. The number of rotatable bonds is 5. The fourth-order valence-corrected chi connectivity index (χ4v) is 3.91. The van der Waals surface area contributed by atoms with Crippen LogP contribution in [-0.2, 0) is 0 Å². The SMILES string of the molecule is CSc1ccccc1C(=O)N1CCC(c2cc(C(=O)NCC(F)(F)F)n[nH]2)CC1. The van der Waals surface area contributed by atoms with Gasteiger partial charge in [0.1, 0.15) is 12.2 Å². The molecule has 1 aliphatic heterocycles. The van der Waals surface area contributed by atoms with Crippen molar-refractivity contribution in [2.45, 2.75) is 29.8 Å². The number of likely N-dealkylation sites (tertiary alicyclic amines) is 1. The maximum Gasteiger partial charge on any atom is 0.405 e. The van der Waals surface area contributed by atoms with Gasteiger partial charge in [0.25, 0.3) is 11.8 Å². The fraction of sp³-hybridized carbons (Fsp3) is 0.421. The quantitative estimate of drug-likeness (QED) is 0.718. The number of halogens is 3. The number of thioether (sulfide) groups is 1. The lowest BCUT2D eigenvalue weighted by atomic mass is 9.93. The maximum absolute atomic E-state index is 12.8. The van der Waals surface area contributed by atoms with Crippen molar-refractivity contribution in [3.63, 3.8) is 0 Å². The van der Waals surface area contributed by atoms with Crippen LogP contribution in [0.25, 0.3) is 0 Å². The highest BCUT2D eigenvalue weighted by molar-refractivity contribution is 7.98. The third kappa shape index (κ3) is 5.31. The Morgan fingerprint density at radius 1 is 1.28 bits per heavy atom. The van der Waals surface area contributed by atoms with Gasteiger partial charge in [0.2, 0.25) is 0 Å². The number of amides is 2. The van der Waals surface area contributed by atoms with E-state index in [0.717, 1.165) is 4.90 Å². The molecule has 1 aliphatic rings. The molecular weight excluding hydrogens is 405 g/mol. The lowest BCUT2D eigenvalue weighted by molar-refractivity contribution is -0.123. The highest BCUT2D eigenvalue weighted by atomic mass is 32.2. The first-order valence-corrected chi connectivity index (χ1v) is 10.3. The van der Waals surface area contributed by atoms with Crippen molar-refractivity contribution in [1.29, 1.82) is 0 Å². The Labute approximate surface area is 170 Å². The van der Waals surface area contributed by atoms with Crippen LogP contribution in [0.3, 0.4) is 0 Å². The van der Waals surface area contributed by atoms with Crippen LogP contribution in [0, 0.1) is 0 Å². The first-order valence-electron chi connectivity index (χ1n) is 9.11. The summed E-state index contributed by atoms with van der Waals surface area (Å²) in [6.45, 7) is -0.284. The van der Waals surface area contributed by atoms with Crippen LogP contribution >= 0.6 is 11.8 Å². The van der Waals surface area contributed by atoms with E-state index in [1.54, 1.807) is 10.2 Å². The average molecular weight is 426 g/mol. The minimum atomic E-state index is -4.47. The van der Waals surface area contributed by atoms with E-state index in [9.17, 15) is 22.8 Å². The molecule has 0 aliphatic carbocycles. The number of hydrogen-bond donors (Lipinski definition) is 2. The van der Waals surface area contributed by atoms with Crippen molar-refractivity contribution in [3.05, 3.63) is 47.3 Å². The number of benzene rings is 1. The molecule has 0 radical (unpaired) electrons. The van der Waals surface area contributed by atoms with Gasteiger partial charge in [-0.05, 0) is 37.3 Å². The van der Waals surface area contributed by atoms with Gasteiger partial charge in [-0.25, -0.2) is 0 Å². The molecule has 2 aromatic rings. The van der Waals surface area contributed by atoms with Crippen LogP contribution in [-0.4, -0.2) is 59.0 Å². The Hall–Kier alpha value is -2.49. The van der Waals surface area contributed by atoms with Gasteiger partial charge < -0.3 is 10.2 Å². The highest BCUT2D eigenvalue weighted by Crippen LogP contribution is 2.29. The molecule has 0 saturated carbocycles. The summed E-state index contributed by atoms with van der Waals surface area (Å²) in [6.07, 6.45) is -1.18. The minimum absolute atomic E-state index is 0.00905. The third-order valence-electron chi connectivity index (χ3n) is 4.84. The summed E-state index contributed by atoms with van der Waals surface area (Å²) in [5, 5.41) is 8.38. The molecule has 29 heavy (non-hydrogen) atoms. The number of aromatic amines is 1. The number of hydrogen-bond acceptors (Lipinski definition) is 4. The molecular formula is C19H21F3N4O2S. The van der Waals surface area contributed by atoms with E-state index in [1.165, 1.54) is 17.8 Å². The molecule has 10 heteroatoms. The van der Waals surface area contributed by atoms with Gasteiger partial charge in [0.15, 0.2) is 0 Å². The van der Waals surface area contributed by atoms with Crippen molar-refractivity contribution >= 4 is 23.6 Å². The second-order valence-corrected chi connectivity index (χ2v) is 7.62. The van der Waals surface area contributed by atoms with Crippen LogP contribution in [0.2, 0.25) is 0 Å². The number of aromatic nitrogens is 2. The highest BCUT2D eigenvalue weighted by Gasteiger charge is 2.30. The summed E-state index contributed by atoms with van der Waals surface area (Å²) in [5.74, 6) is -0.817. The van der Waals surface area contributed by atoms with Crippen molar-refractivity contribution in [2.24, 2.45) is 0 Å². The normalized spacial score (nSPS) is 15.4. The lowest BCUT2D eigenvalue weighted by Crippen LogP contribution is -2.38. The summed E-state index contributed by atoms with van der Waals surface area (Å²) < 4.78 is 36.7. The summed E-state index contributed by atoms with van der Waals surface area (Å²) >= 11 is 1.53. The number of nitrogens with zero attached hydrogens (tertiary/aromatic N) is 2. The average Bonchev–Trinajstić information content (AvgIpc) is 3.21. The molecule has 1 saturated heterocycles. The van der Waals surface area contributed by atoms with Gasteiger partial charge in [-0.1, -0.05) is 12.1 Å². The predicted octanol–water partition coefficient (Wildman–Crippen LogP) is 3.44. The zero-order chi connectivity index (χ0) is 21.0. The molecule has 2 N–H and O–H groups in total. The van der Waals surface area contributed by atoms with Gasteiger partial charge in [0.05, 0.1) is 5.56 Å². The molecule has 156 valence electrons. The molecule has 0 bridgehead atoms. The first kappa shape index (κ1) is 21.2. The van der Waals surface area contributed by atoms with E-state index in [2.05, 4.69) is 10.2 Å². The molecule has 3 rings (SSSR count). The molecule has 2 amide bonds. The smallest absolute Gasteiger partial charge is 0.342 e. The third-order valence-corrected chi connectivity index (χ3v) is 5.63. The van der Waals surface area contributed by atoms with Crippen molar-refractivity contribution in [2.75, 3.05) is 25.9 Å². The molecule has 0 atom stereocenters. The zero-order valence-corrected chi connectivity index (χ0v) is 16.6. The van der Waals surface area contributed by atoms with E-state index < -0.39 is 18.6 Å². The Morgan fingerprint density at radius 2 is 1.97 bits per heavy atom. The van der Waals surface area contributed by atoms with Gasteiger partial charge in [-0.15, -0.1) is 11.8 Å². The number of carbonyl (C=O) groups excluding carboxylic acids is 2. The van der Waals surface area contributed by atoms with Crippen LogP contribution in [0.15, 0.2) is 35.2 Å². The second kappa shape index (κ2) is 8.89. The Kier molecular flexibility index (Phi) is 6.51. The van der Waals surface area contributed by atoms with Crippen LogP contribution in [0.4, 0.5) is 13.2 Å². The van der Waals surface area contributed by atoms with E-state index in [0.29, 0.717) is 37.2 Å². The van der Waals surface area contributed by atoms with Crippen molar-refractivity contribution in [1.82, 2.24) is 20.4 Å². The Morgan fingerprint density at radius 3 is 2.62 bits per heavy atom. The van der Waals surface area contributed by atoms with Gasteiger partial charge in [-0.3, -0.25) is 14.7 Å². The summed E-state index contributed by atoms with van der Waals surface area (Å²) in [6, 6.07) is 8.96. The topological polar surface area (TPSA) is 78.1 Å². The van der Waals surface area contributed by atoms with E-state index >= 15 is 0 Å². The number of alkyl halides is 3. The molecule has 1 aromatic carbocycles. The standard InChI is InChI=1S/C19H21F3N4O2S/c1-29-16-5-3-2-4-13(16)18(28)26-8-6-12(7-9-26)14-10-15(25-24-14)17(27)23-11-19(20,21)22/h2-5,10,12H,6-9,11H2,1H3,(H,23,27)(H,24,25). The maximum atomic E-state index is 12.8. The van der Waals surface area contributed by atoms with E-state index in [-0.39, 0.29) is 17.5 Å². The van der Waals surface area contributed by atoms with Crippen LogP contribution in [0.1, 0.15) is 45.3 Å². The Balaban J connectivity index is 1.58. The van der Waals surface area contributed by atoms with Gasteiger partial charge in [0, 0.05) is 29.6 Å². The number of nitrogens with one attached hydrogen (secondary N) is 2. The van der Waals surface area contributed by atoms with Crippen molar-refractivity contribution < 1.29 is 22.8 Å². The fourth-order valence-electron chi connectivity index (χ4n) is 3.32. The van der Waals surface area contributed by atoms with E-state index in [1.807, 2.05) is 30.5 Å². The molecule has 1 aromatic heterocycles. The summed E-state index contributed by atoms with van der Waals surface area (Å²) in [5.41, 5.74) is 1.30. The lowest BCUT2D eigenvalue weighted by Gasteiger charge is -2.32. The predicted molar refractivity (Wildman–Crippen MR) is 103 cm³/mol. The van der Waals surface area contributed by atoms with Gasteiger partial charge >= 0.3 is 6.18 Å². The second-order valence-electron chi connectivity index (χ2n) is 6.77. The number of piperidine rings is 1. The van der Waals surface area contributed by atoms with Crippen LogP contribution < -0.4 is 5.32 Å². The summed E-state index contributed by atoms with van der Waals surface area (Å²) in [4.78, 5) is 27.4. The summed E-state index contributed by atoms with van der Waals surface area (Å²) in [7, 11) is 0. The van der Waals surface area contributed by atoms with E-state index in [4.69, 9.17) is 0 Å². The van der Waals surface area contributed by atoms with Gasteiger partial charge in [-0.2, -0.15) is 18.3 Å². The molecule has 0 unspecified atom stereocenters. The van der Waals surface area contributed by atoms with Crippen LogP contribution in [0.5, 0.6) is 0 Å². The van der Waals surface area contributed by atoms with Crippen molar-refractivity contribution in [3.8, 4) is 0 Å². The largest absolute Gasteiger partial charge is 0.405 e. The molecule has 0 spiro atoms. The minimum Gasteiger partial charge on any atom is -0.342 e. The number of H-pyrrole nitrogens is 1. The molecule has 6 nitrogen and oxygen atoms in total. The Bertz CT molecular complexity index is 876. The monoisotopic (exact) mass is 426 g/mol. The first-order chi connectivity index (χ1) is 13.8.